The molecule has 8 heteroatoms. The Balaban J connectivity index is 2.56. The maximum Gasteiger partial charge on any atom is 0.241 e. The van der Waals surface area contributed by atoms with Crippen molar-refractivity contribution < 1.29 is 17.5 Å². The Hall–Kier alpha value is -2.63. The molecule has 0 bridgehead atoms. The fourth-order valence-electron chi connectivity index (χ4n) is 1.65. The van der Waals surface area contributed by atoms with E-state index in [9.17, 15) is 12.8 Å². The van der Waals surface area contributed by atoms with Crippen LogP contribution in [0.5, 0.6) is 11.5 Å². The lowest BCUT2D eigenvalue weighted by molar-refractivity contribution is 0.460. The monoisotopic (exact) mass is 307 g/mol. The first-order valence-electron chi connectivity index (χ1n) is 5.61. The number of ether oxygens (including phenoxy) is 1. The minimum Gasteiger partial charge on any atom is -0.454 e. The molecule has 2 rings (SSSR count). The Kier molecular flexibility index (Phi) is 3.80. The summed E-state index contributed by atoms with van der Waals surface area (Å²) in [6, 6.07) is 9.21. The molecule has 2 aromatic carbocycles. The normalized spacial score (nSPS) is 10.9. The topological polar surface area (TPSA) is 119 Å². The number of rotatable bonds is 3. The van der Waals surface area contributed by atoms with E-state index in [-0.39, 0.29) is 27.6 Å². The van der Waals surface area contributed by atoms with Gasteiger partial charge in [0.15, 0.2) is 0 Å². The lowest BCUT2D eigenvalue weighted by Crippen LogP contribution is -2.13. The minimum atomic E-state index is -4.09. The summed E-state index contributed by atoms with van der Waals surface area (Å²) in [6.45, 7) is 0. The largest absolute Gasteiger partial charge is 0.454 e. The van der Waals surface area contributed by atoms with Crippen LogP contribution in [-0.2, 0) is 10.0 Å². The highest BCUT2D eigenvalue weighted by Crippen LogP contribution is 2.32. The molecule has 0 aromatic heterocycles. The minimum absolute atomic E-state index is 0.118. The Morgan fingerprint density at radius 1 is 1.19 bits per heavy atom. The van der Waals surface area contributed by atoms with E-state index < -0.39 is 15.8 Å². The predicted octanol–water partition coefficient (Wildman–Crippen LogP) is 1.72. The molecule has 0 unspecified atom stereocenters. The van der Waals surface area contributed by atoms with Crippen molar-refractivity contribution in [1.82, 2.24) is 0 Å². The van der Waals surface area contributed by atoms with Crippen LogP contribution in [0.1, 0.15) is 5.56 Å². The van der Waals surface area contributed by atoms with Crippen molar-refractivity contribution in [3.8, 4) is 17.6 Å². The SMILES string of the molecule is N#Cc1c(F)cccc1Oc1ccc(N)cc1S(N)(=O)=O. The van der Waals surface area contributed by atoms with Gasteiger partial charge in [0.1, 0.15) is 33.8 Å². The van der Waals surface area contributed by atoms with E-state index in [4.69, 9.17) is 20.9 Å². The third kappa shape index (κ3) is 3.10. The number of primary sulfonamides is 1. The van der Waals surface area contributed by atoms with E-state index in [1.165, 1.54) is 24.3 Å². The van der Waals surface area contributed by atoms with Crippen molar-refractivity contribution in [3.05, 3.63) is 47.8 Å². The first-order chi connectivity index (χ1) is 9.82. The molecule has 4 N–H and O–H groups in total. The average molecular weight is 307 g/mol. The Bertz CT molecular complexity index is 844. The second kappa shape index (κ2) is 5.40. The molecule has 0 aliphatic carbocycles. The van der Waals surface area contributed by atoms with E-state index in [0.29, 0.717) is 0 Å². The number of nitrogen functional groups attached to an aromatic ring is 1. The van der Waals surface area contributed by atoms with Gasteiger partial charge in [0.2, 0.25) is 10.0 Å². The van der Waals surface area contributed by atoms with Gasteiger partial charge < -0.3 is 10.5 Å². The summed E-state index contributed by atoms with van der Waals surface area (Å²) >= 11 is 0. The molecule has 6 nitrogen and oxygen atoms in total. The first kappa shape index (κ1) is 14.8. The number of benzene rings is 2. The highest BCUT2D eigenvalue weighted by Gasteiger charge is 2.18. The Labute approximate surface area is 120 Å². The van der Waals surface area contributed by atoms with E-state index >= 15 is 0 Å². The molecule has 0 saturated heterocycles. The number of sulfonamides is 1. The zero-order chi connectivity index (χ0) is 15.6. The molecule has 0 fully saturated rings. The van der Waals surface area contributed by atoms with E-state index in [1.807, 2.05) is 0 Å². The lowest BCUT2D eigenvalue weighted by atomic mass is 10.2. The number of halogens is 1. The van der Waals surface area contributed by atoms with Crippen LogP contribution in [0, 0.1) is 17.1 Å². The van der Waals surface area contributed by atoms with Crippen LogP contribution in [0.15, 0.2) is 41.3 Å². The second-order valence-electron chi connectivity index (χ2n) is 4.08. The molecular formula is C13H10FN3O3S. The van der Waals surface area contributed by atoms with Gasteiger partial charge in [-0.25, -0.2) is 17.9 Å². The van der Waals surface area contributed by atoms with Gasteiger partial charge in [0, 0.05) is 5.69 Å². The van der Waals surface area contributed by atoms with Gasteiger partial charge in [-0.05, 0) is 30.3 Å². The maximum atomic E-state index is 13.5. The zero-order valence-electron chi connectivity index (χ0n) is 10.6. The summed E-state index contributed by atoms with van der Waals surface area (Å²) in [5.74, 6) is -1.04. The molecule has 21 heavy (non-hydrogen) atoms. The van der Waals surface area contributed by atoms with Crippen molar-refractivity contribution in [1.29, 1.82) is 5.26 Å². The van der Waals surface area contributed by atoms with Crippen LogP contribution in [0.25, 0.3) is 0 Å². The number of nitrogens with two attached hydrogens (primary N) is 2. The number of nitrogens with zero attached hydrogens (tertiary/aromatic N) is 1. The smallest absolute Gasteiger partial charge is 0.241 e. The third-order valence-corrected chi connectivity index (χ3v) is 3.51. The molecule has 0 saturated carbocycles. The van der Waals surface area contributed by atoms with Crippen LogP contribution in [0.4, 0.5) is 10.1 Å². The Morgan fingerprint density at radius 3 is 2.52 bits per heavy atom. The van der Waals surface area contributed by atoms with Gasteiger partial charge in [-0.2, -0.15) is 5.26 Å². The Morgan fingerprint density at radius 2 is 1.90 bits per heavy atom. The lowest BCUT2D eigenvalue weighted by Gasteiger charge is -2.11. The van der Waals surface area contributed by atoms with Gasteiger partial charge in [0.25, 0.3) is 0 Å². The van der Waals surface area contributed by atoms with Crippen molar-refractivity contribution in [2.45, 2.75) is 4.90 Å². The van der Waals surface area contributed by atoms with Crippen LogP contribution in [0.2, 0.25) is 0 Å². The van der Waals surface area contributed by atoms with Crippen LogP contribution >= 0.6 is 0 Å². The number of hydrogen-bond donors (Lipinski definition) is 2. The van der Waals surface area contributed by atoms with Gasteiger partial charge >= 0.3 is 0 Å². The van der Waals surface area contributed by atoms with E-state index in [0.717, 1.165) is 12.1 Å². The first-order valence-corrected chi connectivity index (χ1v) is 7.16. The number of hydrogen-bond acceptors (Lipinski definition) is 5. The summed E-state index contributed by atoms with van der Waals surface area (Å²) in [4.78, 5) is -0.351. The molecule has 0 spiro atoms. The standard InChI is InChI=1S/C13H10FN3O3S/c14-10-2-1-3-11(9(10)7-15)20-12-5-4-8(16)6-13(12)21(17,18)19/h1-6H,16H2,(H2,17,18,19). The average Bonchev–Trinajstić information content (AvgIpc) is 2.40. The number of anilines is 1. The quantitative estimate of drug-likeness (QED) is 0.837. The third-order valence-electron chi connectivity index (χ3n) is 2.58. The summed E-state index contributed by atoms with van der Waals surface area (Å²) in [7, 11) is -4.09. The van der Waals surface area contributed by atoms with Gasteiger partial charge in [-0.15, -0.1) is 0 Å². The molecule has 0 radical (unpaired) electrons. The van der Waals surface area contributed by atoms with Gasteiger partial charge in [-0.3, -0.25) is 0 Å². The molecule has 0 aliphatic rings. The molecule has 108 valence electrons. The van der Waals surface area contributed by atoms with Gasteiger partial charge in [0.05, 0.1) is 0 Å². The molecule has 2 aromatic rings. The van der Waals surface area contributed by atoms with E-state index in [2.05, 4.69) is 0 Å². The van der Waals surface area contributed by atoms with Crippen LogP contribution in [-0.4, -0.2) is 8.42 Å². The van der Waals surface area contributed by atoms with Crippen molar-refractivity contribution in [3.63, 3.8) is 0 Å². The van der Waals surface area contributed by atoms with Crippen molar-refractivity contribution in [2.75, 3.05) is 5.73 Å². The summed E-state index contributed by atoms with van der Waals surface area (Å²) < 4.78 is 41.8. The fourth-order valence-corrected chi connectivity index (χ4v) is 2.34. The van der Waals surface area contributed by atoms with Crippen LogP contribution < -0.4 is 15.6 Å². The molecule has 0 aliphatic heterocycles. The van der Waals surface area contributed by atoms with Crippen molar-refractivity contribution >= 4 is 15.7 Å². The fraction of sp³-hybridized carbons (Fsp3) is 0. The predicted molar refractivity (Wildman–Crippen MR) is 73.4 cm³/mol. The number of nitriles is 1. The molecule has 0 atom stereocenters. The molecule has 0 amide bonds. The summed E-state index contributed by atoms with van der Waals surface area (Å²) in [6.07, 6.45) is 0. The molecular weight excluding hydrogens is 297 g/mol. The van der Waals surface area contributed by atoms with Gasteiger partial charge in [-0.1, -0.05) is 6.07 Å². The summed E-state index contributed by atoms with van der Waals surface area (Å²) in [5, 5.41) is 14.0. The highest BCUT2D eigenvalue weighted by molar-refractivity contribution is 7.89. The maximum absolute atomic E-state index is 13.5. The van der Waals surface area contributed by atoms with E-state index in [1.54, 1.807) is 6.07 Å². The highest BCUT2D eigenvalue weighted by atomic mass is 32.2. The zero-order valence-corrected chi connectivity index (χ0v) is 11.4. The van der Waals surface area contributed by atoms with Crippen molar-refractivity contribution in [2.24, 2.45) is 5.14 Å². The molecule has 0 heterocycles. The second-order valence-corrected chi connectivity index (χ2v) is 5.61. The summed E-state index contributed by atoms with van der Waals surface area (Å²) in [5.41, 5.74) is 5.34. The van der Waals surface area contributed by atoms with Crippen LogP contribution in [0.3, 0.4) is 0 Å².